The Bertz CT molecular complexity index is 247. The molecule has 0 N–H and O–H groups in total. The van der Waals surface area contributed by atoms with Gasteiger partial charge in [-0.2, -0.15) is 0 Å². The summed E-state index contributed by atoms with van der Waals surface area (Å²) in [4.78, 5) is 10.2. The fraction of sp³-hybridized carbons (Fsp3) is 0.917. The van der Waals surface area contributed by atoms with Crippen LogP contribution in [-0.4, -0.2) is 19.0 Å². The Labute approximate surface area is 86.0 Å². The molecule has 0 amide bonds. The molecule has 2 aliphatic rings. The normalized spacial score (nSPS) is 44.2. The van der Waals surface area contributed by atoms with E-state index in [1.807, 2.05) is 6.29 Å². The first-order chi connectivity index (χ1) is 6.52. The zero-order valence-corrected chi connectivity index (χ0v) is 9.30. The fourth-order valence-corrected chi connectivity index (χ4v) is 3.52. The van der Waals surface area contributed by atoms with Gasteiger partial charge in [0.15, 0.2) is 0 Å². The Morgan fingerprint density at radius 1 is 1.43 bits per heavy atom. The van der Waals surface area contributed by atoms with E-state index in [0.29, 0.717) is 5.41 Å². The van der Waals surface area contributed by atoms with Crippen LogP contribution < -0.4 is 0 Å². The van der Waals surface area contributed by atoms with Crippen molar-refractivity contribution in [1.82, 2.24) is 0 Å². The average Bonchev–Trinajstić information content (AvgIpc) is 2.46. The minimum absolute atomic E-state index is 0.142. The Kier molecular flexibility index (Phi) is 2.22. The monoisotopic (exact) mass is 195 g/mol. The van der Waals surface area contributed by atoms with Crippen LogP contribution in [-0.2, 0) is 9.53 Å². The maximum Gasteiger partial charge on any atom is 0.226 e. The van der Waals surface area contributed by atoms with Crippen molar-refractivity contribution in [1.29, 1.82) is 0 Å². The van der Waals surface area contributed by atoms with Gasteiger partial charge in [0.05, 0.1) is 6.10 Å². The van der Waals surface area contributed by atoms with Crippen LogP contribution in [0.25, 0.3) is 0 Å². The molecule has 14 heavy (non-hydrogen) atoms. The van der Waals surface area contributed by atoms with Crippen LogP contribution >= 0.6 is 0 Å². The lowest BCUT2D eigenvalue weighted by atomic mass is 9.70. The largest absolute Gasteiger partial charge is 0.369 e. The van der Waals surface area contributed by atoms with Crippen molar-refractivity contribution in [3.05, 3.63) is 0 Å². The van der Waals surface area contributed by atoms with Gasteiger partial charge in [-0.15, -0.1) is 0 Å². The number of carbonyl (C=O) groups excluding carboxylic acids is 1. The van der Waals surface area contributed by atoms with Crippen LogP contribution in [0.3, 0.4) is 0 Å². The lowest BCUT2D eigenvalue weighted by Gasteiger charge is -2.38. The third kappa shape index (κ3) is 1.10. The summed E-state index contributed by atoms with van der Waals surface area (Å²) in [5.41, 5.74) is 0.648. The lowest BCUT2D eigenvalue weighted by molar-refractivity contribution is -0.0315. The highest BCUT2D eigenvalue weighted by atomic mass is 16.5. The van der Waals surface area contributed by atoms with E-state index < -0.39 is 0 Å². The number of rotatable bonds is 3. The maximum atomic E-state index is 10.2. The molecule has 0 aliphatic heterocycles. The van der Waals surface area contributed by atoms with Gasteiger partial charge >= 0.3 is 0 Å². The number of fused-ring (bicyclic) bond motifs is 2. The molecule has 0 aromatic rings. The maximum absolute atomic E-state index is 10.2. The molecule has 0 spiro atoms. The van der Waals surface area contributed by atoms with E-state index >= 15 is 0 Å². The van der Waals surface area contributed by atoms with Gasteiger partial charge in [-0.05, 0) is 36.0 Å². The van der Waals surface area contributed by atoms with Crippen LogP contribution in [0.4, 0.5) is 0 Å². The molecule has 0 heterocycles. The second kappa shape index (κ2) is 3.06. The summed E-state index contributed by atoms with van der Waals surface area (Å²) in [6.45, 7) is 7.15. The number of ether oxygens (including phenoxy) is 1. The molecule has 0 aromatic heterocycles. The van der Waals surface area contributed by atoms with E-state index in [4.69, 9.17) is 4.74 Å². The zero-order valence-electron chi connectivity index (χ0n) is 9.30. The van der Waals surface area contributed by atoms with E-state index in [9.17, 15) is 4.79 Å². The molecule has 3 atom stereocenters. The van der Waals surface area contributed by atoms with Crippen LogP contribution in [0.5, 0.6) is 0 Å². The molecular formula is C12H19O2. The Morgan fingerprint density at radius 2 is 2.14 bits per heavy atom. The van der Waals surface area contributed by atoms with Gasteiger partial charge in [0.25, 0.3) is 0 Å². The van der Waals surface area contributed by atoms with E-state index in [2.05, 4.69) is 20.8 Å². The lowest BCUT2D eigenvalue weighted by Crippen LogP contribution is -2.37. The smallest absolute Gasteiger partial charge is 0.226 e. The van der Waals surface area contributed by atoms with Gasteiger partial charge in [0, 0.05) is 0 Å². The second-order valence-electron chi connectivity index (χ2n) is 5.55. The minimum Gasteiger partial charge on any atom is -0.369 e. The molecule has 2 bridgehead atoms. The predicted octanol–water partition coefficient (Wildman–Crippen LogP) is 2.33. The topological polar surface area (TPSA) is 26.3 Å². The van der Waals surface area contributed by atoms with Gasteiger partial charge in [0.2, 0.25) is 6.29 Å². The summed E-state index contributed by atoms with van der Waals surface area (Å²) >= 11 is 0. The number of hydrogen-bond acceptors (Lipinski definition) is 2. The molecule has 2 heteroatoms. The van der Waals surface area contributed by atoms with E-state index in [-0.39, 0.29) is 18.1 Å². The van der Waals surface area contributed by atoms with Crippen molar-refractivity contribution in [2.24, 2.45) is 16.7 Å². The Morgan fingerprint density at radius 3 is 2.57 bits per heavy atom. The standard InChI is InChI=1S/C12H19O2/c1-11(2)9-4-5-12(11,3)10(8-9)14-7-6-13/h9-10H,4-5,7-8H2,1-3H3. The first-order valence-corrected chi connectivity index (χ1v) is 5.49. The molecule has 79 valence electrons. The van der Waals surface area contributed by atoms with E-state index in [0.717, 1.165) is 12.3 Å². The second-order valence-corrected chi connectivity index (χ2v) is 5.55. The number of hydrogen-bond donors (Lipinski definition) is 0. The van der Waals surface area contributed by atoms with E-state index in [1.165, 1.54) is 12.8 Å². The van der Waals surface area contributed by atoms with Crippen molar-refractivity contribution in [2.75, 3.05) is 6.61 Å². The van der Waals surface area contributed by atoms with Crippen molar-refractivity contribution < 1.29 is 9.53 Å². The fourth-order valence-electron chi connectivity index (χ4n) is 3.52. The highest BCUT2D eigenvalue weighted by molar-refractivity contribution is 5.51. The molecule has 0 saturated heterocycles. The molecule has 2 fully saturated rings. The Balaban J connectivity index is 2.14. The van der Waals surface area contributed by atoms with Gasteiger partial charge in [-0.3, -0.25) is 4.79 Å². The highest BCUT2D eigenvalue weighted by Crippen LogP contribution is 2.66. The quantitative estimate of drug-likeness (QED) is 0.691. The molecule has 2 saturated carbocycles. The molecule has 2 rings (SSSR count). The van der Waals surface area contributed by atoms with Gasteiger partial charge < -0.3 is 4.74 Å². The first-order valence-electron chi connectivity index (χ1n) is 5.49. The van der Waals surface area contributed by atoms with E-state index in [1.54, 1.807) is 0 Å². The summed E-state index contributed by atoms with van der Waals surface area (Å²) < 4.78 is 5.60. The van der Waals surface area contributed by atoms with Crippen LogP contribution in [0.2, 0.25) is 0 Å². The van der Waals surface area contributed by atoms with Crippen LogP contribution in [0.15, 0.2) is 0 Å². The van der Waals surface area contributed by atoms with Crippen LogP contribution in [0, 0.1) is 16.7 Å². The molecular weight excluding hydrogens is 176 g/mol. The molecule has 2 nitrogen and oxygen atoms in total. The third-order valence-corrected chi connectivity index (χ3v) is 5.06. The van der Waals surface area contributed by atoms with Crippen molar-refractivity contribution in [3.8, 4) is 0 Å². The molecule has 3 unspecified atom stereocenters. The first kappa shape index (κ1) is 10.2. The predicted molar refractivity (Wildman–Crippen MR) is 54.7 cm³/mol. The summed E-state index contributed by atoms with van der Waals surface area (Å²) in [5, 5.41) is 0. The van der Waals surface area contributed by atoms with Gasteiger partial charge in [-0.1, -0.05) is 20.8 Å². The van der Waals surface area contributed by atoms with Crippen LogP contribution in [0.1, 0.15) is 40.0 Å². The average molecular weight is 195 g/mol. The summed E-state index contributed by atoms with van der Waals surface area (Å²) in [5.74, 6) is 0.782. The zero-order chi connectivity index (χ0) is 10.4. The van der Waals surface area contributed by atoms with Gasteiger partial charge in [0.1, 0.15) is 6.61 Å². The molecule has 2 aliphatic carbocycles. The summed E-state index contributed by atoms with van der Waals surface area (Å²) in [6.07, 6.45) is 5.80. The molecule has 1 radical (unpaired) electrons. The third-order valence-electron chi connectivity index (χ3n) is 5.06. The van der Waals surface area contributed by atoms with Gasteiger partial charge in [-0.25, -0.2) is 0 Å². The SMILES string of the molecule is CC1(C)C2CCC1(C)C(OC[C]=O)C2. The minimum atomic E-state index is 0.142. The highest BCUT2D eigenvalue weighted by Gasteiger charge is 2.61. The van der Waals surface area contributed by atoms with Crippen molar-refractivity contribution in [3.63, 3.8) is 0 Å². The molecule has 0 aromatic carbocycles. The van der Waals surface area contributed by atoms with Crippen molar-refractivity contribution in [2.45, 2.75) is 46.1 Å². The summed E-state index contributed by atoms with van der Waals surface area (Å²) in [6, 6.07) is 0. The summed E-state index contributed by atoms with van der Waals surface area (Å²) in [7, 11) is 0. The van der Waals surface area contributed by atoms with Crippen molar-refractivity contribution >= 4 is 6.29 Å². The Hall–Kier alpha value is -0.370.